The standard InChI is InChI=1S/C12H11ClN2O3S/c1-3-17-11(16)10-14-15-12(19-10)18-9-6-7(2)4-5-8(9)13/h4-6H,3H2,1-2H3. The Morgan fingerprint density at radius 3 is 2.95 bits per heavy atom. The fraction of sp³-hybridized carbons (Fsp3) is 0.250. The summed E-state index contributed by atoms with van der Waals surface area (Å²) in [5.41, 5.74) is 1.01. The van der Waals surface area contributed by atoms with Gasteiger partial charge in [-0.05, 0) is 42.9 Å². The number of halogens is 1. The molecule has 0 aliphatic carbocycles. The molecule has 0 atom stereocenters. The minimum atomic E-state index is -0.509. The van der Waals surface area contributed by atoms with Gasteiger partial charge in [-0.1, -0.05) is 22.8 Å². The SMILES string of the molecule is CCOC(=O)c1nnc(Oc2cc(C)ccc2Cl)s1. The van der Waals surface area contributed by atoms with Crippen molar-refractivity contribution in [2.75, 3.05) is 6.61 Å². The zero-order chi connectivity index (χ0) is 13.8. The van der Waals surface area contributed by atoms with E-state index < -0.39 is 5.97 Å². The van der Waals surface area contributed by atoms with E-state index in [9.17, 15) is 4.79 Å². The molecule has 0 amide bonds. The van der Waals surface area contributed by atoms with Crippen LogP contribution in [0.4, 0.5) is 0 Å². The van der Waals surface area contributed by atoms with Crippen LogP contribution in [0.2, 0.25) is 5.02 Å². The van der Waals surface area contributed by atoms with Gasteiger partial charge in [-0.2, -0.15) is 0 Å². The van der Waals surface area contributed by atoms with E-state index in [4.69, 9.17) is 21.1 Å². The molecule has 1 aromatic heterocycles. The number of ether oxygens (including phenoxy) is 2. The lowest BCUT2D eigenvalue weighted by Crippen LogP contribution is -2.03. The van der Waals surface area contributed by atoms with Crippen molar-refractivity contribution in [3.8, 4) is 10.9 Å². The number of carbonyl (C=O) groups excluding carboxylic acids is 1. The third-order valence-corrected chi connectivity index (χ3v) is 3.23. The van der Waals surface area contributed by atoms with Crippen LogP contribution in [0.25, 0.3) is 0 Å². The van der Waals surface area contributed by atoms with Gasteiger partial charge in [0.1, 0.15) is 5.75 Å². The lowest BCUT2D eigenvalue weighted by molar-refractivity contribution is 0.0525. The molecule has 2 rings (SSSR count). The minimum Gasteiger partial charge on any atom is -0.461 e. The van der Waals surface area contributed by atoms with Crippen molar-refractivity contribution in [1.82, 2.24) is 10.2 Å². The van der Waals surface area contributed by atoms with Crippen LogP contribution in [-0.4, -0.2) is 22.8 Å². The van der Waals surface area contributed by atoms with Gasteiger partial charge in [-0.15, -0.1) is 5.10 Å². The number of benzene rings is 1. The minimum absolute atomic E-state index is 0.153. The quantitative estimate of drug-likeness (QED) is 0.809. The first-order valence-corrected chi connectivity index (χ1v) is 6.74. The summed E-state index contributed by atoms with van der Waals surface area (Å²) in [6.07, 6.45) is 0. The number of hydrogen-bond acceptors (Lipinski definition) is 6. The third kappa shape index (κ3) is 3.42. The molecule has 1 heterocycles. The number of carbonyl (C=O) groups is 1. The van der Waals surface area contributed by atoms with Gasteiger partial charge in [0, 0.05) is 0 Å². The van der Waals surface area contributed by atoms with Crippen molar-refractivity contribution >= 4 is 28.9 Å². The highest BCUT2D eigenvalue weighted by Crippen LogP contribution is 2.31. The number of hydrogen-bond donors (Lipinski definition) is 0. The lowest BCUT2D eigenvalue weighted by atomic mass is 10.2. The maximum Gasteiger partial charge on any atom is 0.369 e. The van der Waals surface area contributed by atoms with E-state index in [-0.39, 0.29) is 16.8 Å². The molecule has 0 saturated carbocycles. The number of aromatic nitrogens is 2. The molecule has 5 nitrogen and oxygen atoms in total. The molecular weight excluding hydrogens is 288 g/mol. The van der Waals surface area contributed by atoms with Gasteiger partial charge in [0.25, 0.3) is 5.19 Å². The molecule has 0 unspecified atom stereocenters. The molecule has 7 heteroatoms. The first-order valence-electron chi connectivity index (χ1n) is 5.54. The molecule has 1 aromatic carbocycles. The van der Waals surface area contributed by atoms with Crippen LogP contribution in [-0.2, 0) is 4.74 Å². The highest BCUT2D eigenvalue weighted by molar-refractivity contribution is 7.14. The monoisotopic (exact) mass is 298 g/mol. The first kappa shape index (κ1) is 13.8. The Kier molecular flexibility index (Phi) is 4.34. The van der Waals surface area contributed by atoms with Crippen molar-refractivity contribution in [3.63, 3.8) is 0 Å². The van der Waals surface area contributed by atoms with Crippen LogP contribution >= 0.6 is 22.9 Å². The average Bonchev–Trinajstić information content (AvgIpc) is 2.83. The van der Waals surface area contributed by atoms with Crippen molar-refractivity contribution in [2.45, 2.75) is 13.8 Å². The Bertz CT molecular complexity index is 600. The second kappa shape index (κ2) is 5.99. The van der Waals surface area contributed by atoms with Crippen LogP contribution in [0.15, 0.2) is 18.2 Å². The zero-order valence-corrected chi connectivity index (χ0v) is 11.9. The topological polar surface area (TPSA) is 61.3 Å². The van der Waals surface area contributed by atoms with Gasteiger partial charge in [0.2, 0.25) is 5.01 Å². The summed E-state index contributed by atoms with van der Waals surface area (Å²) in [5, 5.41) is 8.35. The highest BCUT2D eigenvalue weighted by Gasteiger charge is 2.15. The Morgan fingerprint density at radius 1 is 1.42 bits per heavy atom. The summed E-state index contributed by atoms with van der Waals surface area (Å²) < 4.78 is 10.3. The van der Waals surface area contributed by atoms with Gasteiger partial charge in [-0.3, -0.25) is 0 Å². The summed E-state index contributed by atoms with van der Waals surface area (Å²) in [4.78, 5) is 11.4. The predicted molar refractivity (Wildman–Crippen MR) is 72.1 cm³/mol. The van der Waals surface area contributed by atoms with Gasteiger partial charge in [0.05, 0.1) is 11.6 Å². The molecule has 19 heavy (non-hydrogen) atoms. The van der Waals surface area contributed by atoms with Crippen LogP contribution in [0.1, 0.15) is 22.3 Å². The van der Waals surface area contributed by atoms with Crippen LogP contribution in [0.3, 0.4) is 0 Å². The molecular formula is C12H11ClN2O3S. The molecule has 0 saturated heterocycles. The fourth-order valence-electron chi connectivity index (χ4n) is 1.31. The molecule has 0 bridgehead atoms. The normalized spacial score (nSPS) is 10.3. The molecule has 2 aromatic rings. The van der Waals surface area contributed by atoms with Crippen LogP contribution in [0.5, 0.6) is 10.9 Å². The van der Waals surface area contributed by atoms with Crippen LogP contribution < -0.4 is 4.74 Å². The zero-order valence-electron chi connectivity index (χ0n) is 10.3. The molecule has 0 radical (unpaired) electrons. The molecule has 0 spiro atoms. The Morgan fingerprint density at radius 2 is 2.21 bits per heavy atom. The van der Waals surface area contributed by atoms with Gasteiger partial charge in [0.15, 0.2) is 0 Å². The summed E-state index contributed by atoms with van der Waals surface area (Å²) in [6.45, 7) is 3.94. The molecule has 0 N–H and O–H groups in total. The van der Waals surface area contributed by atoms with E-state index in [1.807, 2.05) is 13.0 Å². The summed E-state index contributed by atoms with van der Waals surface area (Å²) in [6, 6.07) is 5.40. The highest BCUT2D eigenvalue weighted by atomic mass is 35.5. The average molecular weight is 299 g/mol. The Balaban J connectivity index is 2.15. The van der Waals surface area contributed by atoms with Crippen molar-refractivity contribution in [1.29, 1.82) is 0 Å². The number of rotatable bonds is 4. The summed E-state index contributed by atoms with van der Waals surface area (Å²) in [7, 11) is 0. The third-order valence-electron chi connectivity index (χ3n) is 2.14. The largest absolute Gasteiger partial charge is 0.461 e. The molecule has 100 valence electrons. The maximum absolute atomic E-state index is 11.4. The van der Waals surface area contributed by atoms with E-state index in [2.05, 4.69) is 10.2 Å². The smallest absolute Gasteiger partial charge is 0.369 e. The van der Waals surface area contributed by atoms with Gasteiger partial charge in [-0.25, -0.2) is 4.79 Å². The predicted octanol–water partition coefficient (Wildman–Crippen LogP) is 3.47. The first-order chi connectivity index (χ1) is 9.10. The van der Waals surface area contributed by atoms with E-state index in [1.54, 1.807) is 19.1 Å². The second-order valence-corrected chi connectivity index (χ2v) is 4.98. The number of esters is 1. The van der Waals surface area contributed by atoms with E-state index >= 15 is 0 Å². The van der Waals surface area contributed by atoms with E-state index in [0.717, 1.165) is 16.9 Å². The second-order valence-electron chi connectivity index (χ2n) is 3.63. The molecule has 0 aliphatic heterocycles. The number of nitrogens with zero attached hydrogens (tertiary/aromatic N) is 2. The van der Waals surface area contributed by atoms with E-state index in [1.165, 1.54) is 0 Å². The molecule has 0 aliphatic rings. The van der Waals surface area contributed by atoms with Gasteiger partial charge < -0.3 is 9.47 Å². The molecule has 0 fully saturated rings. The lowest BCUT2D eigenvalue weighted by Gasteiger charge is -2.04. The fourth-order valence-corrected chi connectivity index (χ4v) is 2.07. The maximum atomic E-state index is 11.4. The Labute approximate surface area is 119 Å². The summed E-state index contributed by atoms with van der Waals surface area (Å²) in [5.74, 6) is -0.0292. The van der Waals surface area contributed by atoms with Crippen molar-refractivity contribution in [2.24, 2.45) is 0 Å². The van der Waals surface area contributed by atoms with Gasteiger partial charge >= 0.3 is 5.97 Å². The Hall–Kier alpha value is -1.66. The summed E-state index contributed by atoms with van der Waals surface area (Å²) >= 11 is 7.02. The van der Waals surface area contributed by atoms with Crippen LogP contribution in [0, 0.1) is 6.92 Å². The van der Waals surface area contributed by atoms with Crippen molar-refractivity contribution in [3.05, 3.63) is 33.8 Å². The van der Waals surface area contributed by atoms with E-state index in [0.29, 0.717) is 10.8 Å². The van der Waals surface area contributed by atoms with Crippen molar-refractivity contribution < 1.29 is 14.3 Å². The number of aryl methyl sites for hydroxylation is 1.